The second-order valence-electron chi connectivity index (χ2n) is 3.87. The predicted molar refractivity (Wildman–Crippen MR) is 72.5 cm³/mol. The maximum atomic E-state index is 11.7. The second kappa shape index (κ2) is 6.30. The van der Waals surface area contributed by atoms with Crippen molar-refractivity contribution in [3.05, 3.63) is 59.7 Å². The Labute approximate surface area is 106 Å². The lowest BCUT2D eigenvalue weighted by molar-refractivity contribution is -0.116. The van der Waals surface area contributed by atoms with Gasteiger partial charge in [-0.2, -0.15) is 0 Å². The SMILES string of the molecule is O=C(/C=C\NCc1ccccc1)C1C=CSC1. The largest absolute Gasteiger partial charge is 0.387 e. The highest BCUT2D eigenvalue weighted by Gasteiger charge is 2.15. The molecule has 0 radical (unpaired) electrons. The maximum Gasteiger partial charge on any atom is 0.164 e. The van der Waals surface area contributed by atoms with Crippen LogP contribution in [0.15, 0.2) is 54.1 Å². The normalized spacial score (nSPS) is 18.7. The van der Waals surface area contributed by atoms with Gasteiger partial charge in [0.05, 0.1) is 0 Å². The van der Waals surface area contributed by atoms with Crippen LogP contribution in [-0.2, 0) is 11.3 Å². The van der Waals surface area contributed by atoms with E-state index in [0.717, 1.165) is 12.3 Å². The predicted octanol–water partition coefficient (Wildman–Crippen LogP) is 2.74. The molecule has 0 bridgehead atoms. The van der Waals surface area contributed by atoms with E-state index in [1.165, 1.54) is 5.56 Å². The van der Waals surface area contributed by atoms with Crippen LogP contribution >= 0.6 is 11.8 Å². The van der Waals surface area contributed by atoms with Gasteiger partial charge in [-0.05, 0) is 17.0 Å². The van der Waals surface area contributed by atoms with Gasteiger partial charge in [0.25, 0.3) is 0 Å². The molecule has 0 fully saturated rings. The van der Waals surface area contributed by atoms with Crippen LogP contribution in [0.25, 0.3) is 0 Å². The van der Waals surface area contributed by atoms with Crippen LogP contribution in [0.2, 0.25) is 0 Å². The summed E-state index contributed by atoms with van der Waals surface area (Å²) in [5.41, 5.74) is 1.21. The van der Waals surface area contributed by atoms with Crippen molar-refractivity contribution in [2.45, 2.75) is 6.54 Å². The Bertz CT molecular complexity index is 425. The average Bonchev–Trinajstić information content (AvgIpc) is 2.89. The van der Waals surface area contributed by atoms with Crippen molar-refractivity contribution in [1.82, 2.24) is 5.32 Å². The van der Waals surface area contributed by atoms with E-state index in [1.54, 1.807) is 24.0 Å². The van der Waals surface area contributed by atoms with Crippen molar-refractivity contribution < 1.29 is 4.79 Å². The number of allylic oxidation sites excluding steroid dienone is 2. The molecule has 0 aliphatic carbocycles. The molecule has 1 atom stereocenters. The lowest BCUT2D eigenvalue weighted by Gasteiger charge is -2.02. The Morgan fingerprint density at radius 3 is 2.94 bits per heavy atom. The molecule has 0 aromatic heterocycles. The average molecular weight is 245 g/mol. The number of hydrogen-bond acceptors (Lipinski definition) is 3. The van der Waals surface area contributed by atoms with Crippen molar-refractivity contribution >= 4 is 17.5 Å². The molecule has 0 amide bonds. The molecule has 1 aliphatic rings. The summed E-state index contributed by atoms with van der Waals surface area (Å²) >= 11 is 1.69. The third-order valence-corrected chi connectivity index (χ3v) is 3.46. The van der Waals surface area contributed by atoms with Crippen molar-refractivity contribution in [1.29, 1.82) is 0 Å². The summed E-state index contributed by atoms with van der Waals surface area (Å²) in [4.78, 5) is 11.7. The summed E-state index contributed by atoms with van der Waals surface area (Å²) in [7, 11) is 0. The number of thioether (sulfide) groups is 1. The molecule has 3 heteroatoms. The van der Waals surface area contributed by atoms with Gasteiger partial charge in [-0.15, -0.1) is 11.8 Å². The van der Waals surface area contributed by atoms with E-state index in [1.807, 2.05) is 29.7 Å². The van der Waals surface area contributed by atoms with Crippen LogP contribution in [0, 0.1) is 5.92 Å². The molecule has 2 nitrogen and oxygen atoms in total. The maximum absolute atomic E-state index is 11.7. The van der Waals surface area contributed by atoms with Gasteiger partial charge in [-0.3, -0.25) is 4.79 Å². The molecule has 0 spiro atoms. The summed E-state index contributed by atoms with van der Waals surface area (Å²) in [6, 6.07) is 10.1. The zero-order chi connectivity index (χ0) is 11.9. The van der Waals surface area contributed by atoms with E-state index < -0.39 is 0 Å². The summed E-state index contributed by atoms with van der Waals surface area (Å²) in [5, 5.41) is 5.12. The monoisotopic (exact) mass is 245 g/mol. The third kappa shape index (κ3) is 3.79. The topological polar surface area (TPSA) is 29.1 Å². The minimum atomic E-state index is 0.0646. The van der Waals surface area contributed by atoms with Crippen molar-refractivity contribution in [3.8, 4) is 0 Å². The van der Waals surface area contributed by atoms with E-state index in [9.17, 15) is 4.79 Å². The summed E-state index contributed by atoms with van der Waals surface area (Å²) in [5.74, 6) is 1.11. The number of rotatable bonds is 5. The summed E-state index contributed by atoms with van der Waals surface area (Å²) in [6.45, 7) is 0.750. The number of hydrogen-bond donors (Lipinski definition) is 1. The fourth-order valence-corrected chi connectivity index (χ4v) is 2.47. The van der Waals surface area contributed by atoms with Crippen LogP contribution in [0.3, 0.4) is 0 Å². The Kier molecular flexibility index (Phi) is 4.45. The molecule has 1 heterocycles. The molecule has 0 saturated carbocycles. The molecule has 0 saturated heterocycles. The first kappa shape index (κ1) is 12.0. The lowest BCUT2D eigenvalue weighted by Crippen LogP contribution is -2.11. The van der Waals surface area contributed by atoms with Crippen molar-refractivity contribution in [2.75, 3.05) is 5.75 Å². The van der Waals surface area contributed by atoms with Gasteiger partial charge >= 0.3 is 0 Å². The highest BCUT2D eigenvalue weighted by atomic mass is 32.2. The molecule has 1 aliphatic heterocycles. The van der Waals surface area contributed by atoms with Gasteiger partial charge < -0.3 is 5.32 Å². The molecule has 17 heavy (non-hydrogen) atoms. The van der Waals surface area contributed by atoms with Gasteiger partial charge in [-0.25, -0.2) is 0 Å². The Morgan fingerprint density at radius 2 is 2.24 bits per heavy atom. The highest BCUT2D eigenvalue weighted by molar-refractivity contribution is 8.02. The van der Waals surface area contributed by atoms with Crippen LogP contribution in [0.1, 0.15) is 5.56 Å². The number of ketones is 1. The number of carbonyl (C=O) groups is 1. The van der Waals surface area contributed by atoms with Crippen LogP contribution < -0.4 is 5.32 Å². The molecule has 1 unspecified atom stereocenters. The van der Waals surface area contributed by atoms with E-state index in [-0.39, 0.29) is 11.7 Å². The zero-order valence-electron chi connectivity index (χ0n) is 9.50. The van der Waals surface area contributed by atoms with Gasteiger partial charge in [-0.1, -0.05) is 36.4 Å². The number of benzene rings is 1. The fourth-order valence-electron chi connectivity index (χ4n) is 1.58. The molecular weight excluding hydrogens is 230 g/mol. The summed E-state index contributed by atoms with van der Waals surface area (Å²) < 4.78 is 0. The molecule has 88 valence electrons. The first-order valence-corrected chi connectivity index (χ1v) is 6.67. The van der Waals surface area contributed by atoms with Gasteiger partial charge in [0.2, 0.25) is 0 Å². The van der Waals surface area contributed by atoms with E-state index in [4.69, 9.17) is 0 Å². The Balaban J connectivity index is 1.74. The van der Waals surface area contributed by atoms with Crippen LogP contribution in [-0.4, -0.2) is 11.5 Å². The minimum Gasteiger partial charge on any atom is -0.387 e. The standard InChI is InChI=1S/C14H15NOS/c16-14(13-7-9-17-11-13)6-8-15-10-12-4-2-1-3-5-12/h1-9,13,15H,10-11H2/b8-6-. The minimum absolute atomic E-state index is 0.0646. The van der Waals surface area contributed by atoms with Gasteiger partial charge in [0.1, 0.15) is 0 Å². The van der Waals surface area contributed by atoms with Crippen molar-refractivity contribution in [3.63, 3.8) is 0 Å². The van der Waals surface area contributed by atoms with E-state index in [2.05, 4.69) is 17.4 Å². The smallest absolute Gasteiger partial charge is 0.164 e. The van der Waals surface area contributed by atoms with Crippen LogP contribution in [0.5, 0.6) is 0 Å². The molecule has 1 aromatic rings. The highest BCUT2D eigenvalue weighted by Crippen LogP contribution is 2.21. The van der Waals surface area contributed by atoms with Crippen molar-refractivity contribution in [2.24, 2.45) is 5.92 Å². The molecular formula is C14H15NOS. The fraction of sp³-hybridized carbons (Fsp3) is 0.214. The first-order chi connectivity index (χ1) is 8.36. The summed E-state index contributed by atoms with van der Waals surface area (Å²) in [6.07, 6.45) is 5.34. The third-order valence-electron chi connectivity index (χ3n) is 2.56. The Hall–Kier alpha value is -1.48. The zero-order valence-corrected chi connectivity index (χ0v) is 10.3. The van der Waals surface area contributed by atoms with E-state index in [0.29, 0.717) is 0 Å². The number of nitrogens with one attached hydrogen (secondary N) is 1. The lowest BCUT2D eigenvalue weighted by atomic mass is 10.1. The van der Waals surface area contributed by atoms with Gasteiger partial charge in [0.15, 0.2) is 5.78 Å². The Morgan fingerprint density at radius 1 is 1.41 bits per heavy atom. The second-order valence-corrected chi connectivity index (χ2v) is 4.81. The quantitative estimate of drug-likeness (QED) is 0.809. The molecule has 1 N–H and O–H groups in total. The van der Waals surface area contributed by atoms with E-state index >= 15 is 0 Å². The first-order valence-electron chi connectivity index (χ1n) is 5.62. The number of carbonyl (C=O) groups excluding carboxylic acids is 1. The molecule has 2 rings (SSSR count). The van der Waals surface area contributed by atoms with Crippen LogP contribution in [0.4, 0.5) is 0 Å². The van der Waals surface area contributed by atoms with Gasteiger partial charge in [0, 0.05) is 24.4 Å². The molecule has 1 aromatic carbocycles.